The number of imidazole rings is 1. The summed E-state index contributed by atoms with van der Waals surface area (Å²) in [6.07, 6.45) is 3.96. The molecule has 6 nitrogen and oxygen atoms in total. The van der Waals surface area contributed by atoms with Crippen molar-refractivity contribution in [3.05, 3.63) is 54.1 Å². The summed E-state index contributed by atoms with van der Waals surface area (Å²) in [4.78, 5) is 20.3. The molecule has 0 spiro atoms. The second-order valence-electron chi connectivity index (χ2n) is 6.76. The van der Waals surface area contributed by atoms with Crippen LogP contribution in [0.2, 0.25) is 0 Å². The highest BCUT2D eigenvalue weighted by atomic mass is 16.3. The summed E-state index contributed by atoms with van der Waals surface area (Å²) in [7, 11) is 3.55. The fourth-order valence-electron chi connectivity index (χ4n) is 3.28. The Balaban J connectivity index is 1.57. The zero-order valence-corrected chi connectivity index (χ0v) is 14.2. The van der Waals surface area contributed by atoms with Gasteiger partial charge in [0.2, 0.25) is 0 Å². The highest BCUT2D eigenvalue weighted by molar-refractivity contribution is 5.91. The van der Waals surface area contributed by atoms with Crippen molar-refractivity contribution in [2.45, 2.75) is 18.6 Å². The maximum Gasteiger partial charge on any atom is 0.273 e. The number of β-amino-alcohol motifs (C(OH)–C–C–N with tert-alkyl or cyclic N) is 1. The summed E-state index contributed by atoms with van der Waals surface area (Å²) in [5, 5.41) is 10.8. The summed E-state index contributed by atoms with van der Waals surface area (Å²) in [6.45, 7) is 2.54. The van der Waals surface area contributed by atoms with Gasteiger partial charge in [-0.05, 0) is 12.0 Å². The molecule has 1 aliphatic heterocycles. The van der Waals surface area contributed by atoms with Gasteiger partial charge in [-0.3, -0.25) is 9.69 Å². The van der Waals surface area contributed by atoms with E-state index in [1.807, 2.05) is 25.2 Å². The molecule has 1 aliphatic rings. The smallest absolute Gasteiger partial charge is 0.273 e. The number of carbonyl (C=O) groups is 1. The van der Waals surface area contributed by atoms with Gasteiger partial charge in [0.1, 0.15) is 5.69 Å². The van der Waals surface area contributed by atoms with Crippen LogP contribution in [0.15, 0.2) is 42.9 Å². The quantitative estimate of drug-likeness (QED) is 0.894. The molecule has 0 radical (unpaired) electrons. The van der Waals surface area contributed by atoms with Crippen LogP contribution < -0.4 is 0 Å². The number of likely N-dealkylation sites (tertiary alicyclic amines) is 1. The van der Waals surface area contributed by atoms with Crippen molar-refractivity contribution >= 4 is 5.91 Å². The van der Waals surface area contributed by atoms with Gasteiger partial charge in [0.25, 0.3) is 5.91 Å². The summed E-state index contributed by atoms with van der Waals surface area (Å²) in [5.41, 5.74) is 0.774. The van der Waals surface area contributed by atoms with Crippen LogP contribution in [0.1, 0.15) is 22.5 Å². The molecule has 2 aromatic rings. The Labute approximate surface area is 142 Å². The van der Waals surface area contributed by atoms with Gasteiger partial charge in [-0.25, -0.2) is 4.98 Å². The maximum atomic E-state index is 12.4. The number of rotatable bonds is 5. The number of nitrogens with zero attached hydrogens (tertiary/aromatic N) is 4. The fraction of sp³-hybridized carbons (Fsp3) is 0.444. The predicted molar refractivity (Wildman–Crippen MR) is 91.5 cm³/mol. The first-order chi connectivity index (χ1) is 11.5. The third-order valence-electron chi connectivity index (χ3n) is 4.46. The van der Waals surface area contributed by atoms with Gasteiger partial charge >= 0.3 is 0 Å². The van der Waals surface area contributed by atoms with Crippen LogP contribution in [0.25, 0.3) is 0 Å². The molecular weight excluding hydrogens is 304 g/mol. The van der Waals surface area contributed by atoms with Gasteiger partial charge in [-0.1, -0.05) is 30.3 Å². The largest absolute Gasteiger partial charge is 0.387 e. The summed E-state index contributed by atoms with van der Waals surface area (Å²) < 4.78 is 1.74. The van der Waals surface area contributed by atoms with Crippen molar-refractivity contribution in [2.24, 2.45) is 7.05 Å². The molecular formula is C18H24N4O2. The maximum absolute atomic E-state index is 12.4. The molecule has 0 unspecified atom stereocenters. The standard InChI is InChI=1S/C18H24N4O2/c1-20-11-16(19-14-20)17(23)21(2)12-18(24)8-9-22(13-18)10-15-6-4-3-5-7-15/h3-7,11,14,24H,8-10,12-13H2,1-2H3/t18-/m0/s1. The monoisotopic (exact) mass is 328 g/mol. The van der Waals surface area contributed by atoms with Crippen molar-refractivity contribution in [2.75, 3.05) is 26.7 Å². The minimum atomic E-state index is -0.867. The Morgan fingerprint density at radius 1 is 1.38 bits per heavy atom. The van der Waals surface area contributed by atoms with E-state index in [1.54, 1.807) is 29.0 Å². The van der Waals surface area contributed by atoms with E-state index in [-0.39, 0.29) is 5.91 Å². The molecule has 2 heterocycles. The third kappa shape index (κ3) is 3.83. The van der Waals surface area contributed by atoms with E-state index < -0.39 is 5.60 Å². The van der Waals surface area contributed by atoms with Gasteiger partial charge in [0.15, 0.2) is 0 Å². The van der Waals surface area contributed by atoms with E-state index in [0.717, 1.165) is 13.1 Å². The first-order valence-corrected chi connectivity index (χ1v) is 8.17. The first-order valence-electron chi connectivity index (χ1n) is 8.17. The zero-order valence-electron chi connectivity index (χ0n) is 14.2. The number of hydrogen-bond acceptors (Lipinski definition) is 4. The number of hydrogen-bond donors (Lipinski definition) is 1. The van der Waals surface area contributed by atoms with Gasteiger partial charge in [-0.2, -0.15) is 0 Å². The lowest BCUT2D eigenvalue weighted by atomic mass is 10.0. The van der Waals surface area contributed by atoms with Crippen molar-refractivity contribution in [3.63, 3.8) is 0 Å². The van der Waals surface area contributed by atoms with Crippen LogP contribution in [0.4, 0.5) is 0 Å². The highest BCUT2D eigenvalue weighted by Gasteiger charge is 2.38. The lowest BCUT2D eigenvalue weighted by molar-refractivity contribution is 0.0168. The van der Waals surface area contributed by atoms with Crippen molar-refractivity contribution in [3.8, 4) is 0 Å². The van der Waals surface area contributed by atoms with Crippen LogP contribution in [-0.2, 0) is 13.6 Å². The number of aromatic nitrogens is 2. The minimum absolute atomic E-state index is 0.162. The van der Waals surface area contributed by atoms with E-state index in [1.165, 1.54) is 5.56 Å². The highest BCUT2D eigenvalue weighted by Crippen LogP contribution is 2.24. The molecule has 6 heteroatoms. The first kappa shape index (κ1) is 16.7. The molecule has 1 aromatic carbocycles. The molecule has 0 bridgehead atoms. The average molecular weight is 328 g/mol. The molecule has 24 heavy (non-hydrogen) atoms. The molecule has 1 atom stereocenters. The lowest BCUT2D eigenvalue weighted by Gasteiger charge is -2.28. The molecule has 1 fully saturated rings. The summed E-state index contributed by atoms with van der Waals surface area (Å²) >= 11 is 0. The number of amides is 1. The molecule has 0 saturated carbocycles. The Kier molecular flexibility index (Phi) is 4.69. The number of carbonyl (C=O) groups excluding carboxylic acids is 1. The van der Waals surface area contributed by atoms with E-state index in [0.29, 0.717) is 25.2 Å². The lowest BCUT2D eigenvalue weighted by Crippen LogP contribution is -2.45. The topological polar surface area (TPSA) is 61.6 Å². The molecule has 1 N–H and O–H groups in total. The normalized spacial score (nSPS) is 21.1. The fourth-order valence-corrected chi connectivity index (χ4v) is 3.28. The van der Waals surface area contributed by atoms with Crippen molar-refractivity contribution in [1.82, 2.24) is 19.4 Å². The molecule has 3 rings (SSSR count). The molecule has 128 valence electrons. The second-order valence-corrected chi connectivity index (χ2v) is 6.76. The van der Waals surface area contributed by atoms with Crippen molar-refractivity contribution in [1.29, 1.82) is 0 Å². The third-order valence-corrected chi connectivity index (χ3v) is 4.46. The number of aryl methyl sites for hydroxylation is 1. The average Bonchev–Trinajstić information content (AvgIpc) is 3.14. The molecule has 1 amide bonds. The number of likely N-dealkylation sites (N-methyl/N-ethyl adjacent to an activating group) is 1. The zero-order chi connectivity index (χ0) is 17.2. The molecule has 0 aliphatic carbocycles. The van der Waals surface area contributed by atoms with Gasteiger partial charge in [0.05, 0.1) is 18.5 Å². The summed E-state index contributed by atoms with van der Waals surface area (Å²) in [5.74, 6) is -0.162. The van der Waals surface area contributed by atoms with E-state index in [2.05, 4.69) is 22.0 Å². The SMILES string of the molecule is CN(C[C@@]1(O)CCN(Cc2ccccc2)C1)C(=O)c1cn(C)cn1. The van der Waals surface area contributed by atoms with Gasteiger partial charge in [-0.15, -0.1) is 0 Å². The van der Waals surface area contributed by atoms with E-state index in [4.69, 9.17) is 0 Å². The van der Waals surface area contributed by atoms with Crippen molar-refractivity contribution < 1.29 is 9.90 Å². The number of aliphatic hydroxyl groups is 1. The van der Waals surface area contributed by atoms with E-state index >= 15 is 0 Å². The molecule has 1 saturated heterocycles. The minimum Gasteiger partial charge on any atom is -0.387 e. The summed E-state index contributed by atoms with van der Waals surface area (Å²) in [6, 6.07) is 10.2. The Morgan fingerprint density at radius 2 is 2.12 bits per heavy atom. The Morgan fingerprint density at radius 3 is 2.79 bits per heavy atom. The van der Waals surface area contributed by atoms with Gasteiger partial charge < -0.3 is 14.6 Å². The Bertz CT molecular complexity index is 700. The van der Waals surface area contributed by atoms with E-state index in [9.17, 15) is 9.90 Å². The molecule has 1 aromatic heterocycles. The number of benzene rings is 1. The van der Waals surface area contributed by atoms with Crippen LogP contribution in [0, 0.1) is 0 Å². The van der Waals surface area contributed by atoms with Crippen LogP contribution in [0.5, 0.6) is 0 Å². The predicted octanol–water partition coefficient (Wildman–Crippen LogP) is 1.13. The van der Waals surface area contributed by atoms with Crippen LogP contribution in [-0.4, -0.2) is 62.6 Å². The van der Waals surface area contributed by atoms with Crippen LogP contribution >= 0.6 is 0 Å². The second kappa shape index (κ2) is 6.75. The van der Waals surface area contributed by atoms with Gasteiger partial charge in [0, 0.05) is 39.9 Å². The van der Waals surface area contributed by atoms with Crippen LogP contribution in [0.3, 0.4) is 0 Å². The Hall–Kier alpha value is -2.18.